The van der Waals surface area contributed by atoms with Crippen LogP contribution in [0.2, 0.25) is 0 Å². The summed E-state index contributed by atoms with van der Waals surface area (Å²) in [6, 6.07) is -0.210. The maximum atomic E-state index is 6.07. The van der Waals surface area contributed by atoms with E-state index >= 15 is 0 Å². The highest BCUT2D eigenvalue weighted by molar-refractivity contribution is 4.98. The molecule has 0 aliphatic heterocycles. The average Bonchev–Trinajstić information content (AvgIpc) is 2.63. The zero-order valence-corrected chi connectivity index (χ0v) is 11.4. The minimum atomic E-state index is -0.210. The van der Waals surface area contributed by atoms with E-state index in [-0.39, 0.29) is 11.5 Å². The quantitative estimate of drug-likeness (QED) is 0.852. The van der Waals surface area contributed by atoms with Crippen LogP contribution in [0.5, 0.6) is 0 Å². The average molecular weight is 241 g/mol. The molecule has 1 aromatic rings. The van der Waals surface area contributed by atoms with Gasteiger partial charge >= 0.3 is 0 Å². The topological polar surface area (TPSA) is 74.2 Å². The van der Waals surface area contributed by atoms with Crippen LogP contribution < -0.4 is 5.73 Å². The third kappa shape index (κ3) is 4.09. The summed E-state index contributed by atoms with van der Waals surface area (Å²) in [6.07, 6.45) is 0.720. The number of ether oxygens (including phenoxy) is 1. The molecule has 2 atom stereocenters. The van der Waals surface area contributed by atoms with E-state index < -0.39 is 0 Å². The van der Waals surface area contributed by atoms with Gasteiger partial charge in [-0.15, -0.1) is 0 Å². The third-order valence-corrected chi connectivity index (χ3v) is 2.67. The molecular weight excluding hydrogens is 218 g/mol. The molecule has 0 aliphatic rings. The van der Waals surface area contributed by atoms with Crippen LogP contribution >= 0.6 is 0 Å². The SMILES string of the molecule is COCC(C)Cc1nc(C(N)C(C)(C)C)no1. The summed E-state index contributed by atoms with van der Waals surface area (Å²) in [5, 5.41) is 3.94. The molecule has 98 valence electrons. The summed E-state index contributed by atoms with van der Waals surface area (Å²) in [4.78, 5) is 4.34. The van der Waals surface area contributed by atoms with Gasteiger partial charge in [0.15, 0.2) is 5.82 Å². The first kappa shape index (κ1) is 14.1. The van der Waals surface area contributed by atoms with Crippen LogP contribution in [0, 0.1) is 11.3 Å². The lowest BCUT2D eigenvalue weighted by molar-refractivity contribution is 0.155. The van der Waals surface area contributed by atoms with Crippen molar-refractivity contribution in [1.29, 1.82) is 0 Å². The van der Waals surface area contributed by atoms with Crippen molar-refractivity contribution in [3.8, 4) is 0 Å². The predicted octanol–water partition coefficient (Wildman–Crippen LogP) is 1.94. The van der Waals surface area contributed by atoms with Crippen molar-refractivity contribution in [2.75, 3.05) is 13.7 Å². The lowest BCUT2D eigenvalue weighted by Gasteiger charge is -2.23. The minimum absolute atomic E-state index is 0.0701. The van der Waals surface area contributed by atoms with Crippen molar-refractivity contribution in [1.82, 2.24) is 10.1 Å². The van der Waals surface area contributed by atoms with Crippen LogP contribution in [0.3, 0.4) is 0 Å². The molecule has 5 nitrogen and oxygen atoms in total. The van der Waals surface area contributed by atoms with E-state index in [2.05, 4.69) is 37.8 Å². The number of methoxy groups -OCH3 is 1. The van der Waals surface area contributed by atoms with Gasteiger partial charge in [-0.25, -0.2) is 0 Å². The van der Waals surface area contributed by atoms with E-state index in [0.717, 1.165) is 6.42 Å². The highest BCUT2D eigenvalue weighted by Crippen LogP contribution is 2.28. The van der Waals surface area contributed by atoms with Gasteiger partial charge < -0.3 is 15.0 Å². The number of nitrogens with two attached hydrogens (primary N) is 1. The molecule has 1 heterocycles. The van der Waals surface area contributed by atoms with E-state index in [4.69, 9.17) is 15.0 Å². The van der Waals surface area contributed by atoms with Gasteiger partial charge in [0, 0.05) is 20.1 Å². The standard InChI is InChI=1S/C12H23N3O2/c1-8(7-16-5)6-9-14-11(15-17-9)10(13)12(2,3)4/h8,10H,6-7,13H2,1-5H3. The van der Waals surface area contributed by atoms with Crippen LogP contribution in [0.25, 0.3) is 0 Å². The second-order valence-electron chi connectivity index (χ2n) is 5.65. The molecule has 0 saturated heterocycles. The minimum Gasteiger partial charge on any atom is -0.384 e. The van der Waals surface area contributed by atoms with Gasteiger partial charge in [0.1, 0.15) is 0 Å². The Morgan fingerprint density at radius 2 is 2.06 bits per heavy atom. The molecule has 0 fully saturated rings. The molecule has 0 aromatic carbocycles. The van der Waals surface area contributed by atoms with Crippen molar-refractivity contribution in [2.24, 2.45) is 17.1 Å². The predicted molar refractivity (Wildman–Crippen MR) is 65.4 cm³/mol. The normalized spacial score (nSPS) is 15.9. The van der Waals surface area contributed by atoms with Gasteiger partial charge in [-0.2, -0.15) is 4.98 Å². The lowest BCUT2D eigenvalue weighted by Crippen LogP contribution is -2.27. The molecule has 17 heavy (non-hydrogen) atoms. The smallest absolute Gasteiger partial charge is 0.227 e. The number of nitrogens with zero attached hydrogens (tertiary/aromatic N) is 2. The van der Waals surface area contributed by atoms with Crippen molar-refractivity contribution >= 4 is 0 Å². The number of hydrogen-bond acceptors (Lipinski definition) is 5. The second kappa shape index (κ2) is 5.60. The fourth-order valence-electron chi connectivity index (χ4n) is 1.51. The zero-order chi connectivity index (χ0) is 13.1. The van der Waals surface area contributed by atoms with Gasteiger partial charge in [0.05, 0.1) is 6.04 Å². The van der Waals surface area contributed by atoms with Gasteiger partial charge in [-0.3, -0.25) is 0 Å². The highest BCUT2D eigenvalue weighted by atomic mass is 16.5. The Hall–Kier alpha value is -0.940. The fraction of sp³-hybridized carbons (Fsp3) is 0.833. The molecule has 0 bridgehead atoms. The van der Waals surface area contributed by atoms with E-state index in [1.807, 2.05) is 0 Å². The molecule has 0 saturated carbocycles. The third-order valence-electron chi connectivity index (χ3n) is 2.67. The first-order valence-corrected chi connectivity index (χ1v) is 5.91. The summed E-state index contributed by atoms with van der Waals surface area (Å²) in [6.45, 7) is 8.93. The van der Waals surface area contributed by atoms with E-state index in [9.17, 15) is 0 Å². The van der Waals surface area contributed by atoms with Crippen LogP contribution in [-0.2, 0) is 11.2 Å². The summed E-state index contributed by atoms with van der Waals surface area (Å²) < 4.78 is 10.3. The van der Waals surface area contributed by atoms with Crippen LogP contribution in [0.4, 0.5) is 0 Å². The van der Waals surface area contributed by atoms with Gasteiger partial charge in [-0.1, -0.05) is 32.9 Å². The number of hydrogen-bond donors (Lipinski definition) is 1. The summed E-state index contributed by atoms with van der Waals surface area (Å²) in [7, 11) is 1.69. The van der Waals surface area contributed by atoms with E-state index in [1.54, 1.807) is 7.11 Å². The monoisotopic (exact) mass is 241 g/mol. The summed E-state index contributed by atoms with van der Waals surface area (Å²) >= 11 is 0. The van der Waals surface area contributed by atoms with E-state index in [1.165, 1.54) is 0 Å². The highest BCUT2D eigenvalue weighted by Gasteiger charge is 2.27. The van der Waals surface area contributed by atoms with Crippen LogP contribution in [-0.4, -0.2) is 23.9 Å². The molecule has 2 N–H and O–H groups in total. The molecular formula is C12H23N3O2. The van der Waals surface area contributed by atoms with Crippen LogP contribution in [0.1, 0.15) is 45.5 Å². The molecule has 1 aromatic heterocycles. The zero-order valence-electron chi connectivity index (χ0n) is 11.4. The maximum Gasteiger partial charge on any atom is 0.227 e. The maximum absolute atomic E-state index is 6.07. The molecule has 0 radical (unpaired) electrons. The first-order chi connectivity index (χ1) is 7.84. The number of rotatable bonds is 5. The van der Waals surface area contributed by atoms with Crippen LogP contribution in [0.15, 0.2) is 4.52 Å². The Morgan fingerprint density at radius 1 is 1.41 bits per heavy atom. The van der Waals surface area contributed by atoms with Crippen molar-refractivity contribution in [3.63, 3.8) is 0 Å². The lowest BCUT2D eigenvalue weighted by atomic mass is 9.87. The van der Waals surface area contributed by atoms with Crippen molar-refractivity contribution in [3.05, 3.63) is 11.7 Å². The Kier molecular flexibility index (Phi) is 4.65. The van der Waals surface area contributed by atoms with E-state index in [0.29, 0.717) is 24.2 Å². The molecule has 0 spiro atoms. The Bertz CT molecular complexity index is 344. The number of aromatic nitrogens is 2. The molecule has 0 aliphatic carbocycles. The molecule has 0 amide bonds. The first-order valence-electron chi connectivity index (χ1n) is 5.91. The molecule has 1 rings (SSSR count). The fourth-order valence-corrected chi connectivity index (χ4v) is 1.51. The molecule has 2 unspecified atom stereocenters. The molecule has 5 heteroatoms. The summed E-state index contributed by atoms with van der Waals surface area (Å²) in [5.41, 5.74) is 6.00. The second-order valence-corrected chi connectivity index (χ2v) is 5.65. The van der Waals surface area contributed by atoms with Gasteiger partial charge in [0.25, 0.3) is 0 Å². The Morgan fingerprint density at radius 3 is 2.59 bits per heavy atom. The van der Waals surface area contributed by atoms with Gasteiger partial charge in [-0.05, 0) is 11.3 Å². The largest absolute Gasteiger partial charge is 0.384 e. The Balaban J connectivity index is 2.65. The van der Waals surface area contributed by atoms with Crippen molar-refractivity contribution in [2.45, 2.75) is 40.2 Å². The summed E-state index contributed by atoms with van der Waals surface area (Å²) in [5.74, 6) is 1.57. The Labute approximate surface area is 103 Å². The van der Waals surface area contributed by atoms with Gasteiger partial charge in [0.2, 0.25) is 5.89 Å². The van der Waals surface area contributed by atoms with Crippen molar-refractivity contribution < 1.29 is 9.26 Å².